The minimum Gasteiger partial charge on any atom is -0.307 e. The van der Waals surface area contributed by atoms with Crippen LogP contribution in [0.1, 0.15) is 41.6 Å². The van der Waals surface area contributed by atoms with Crippen molar-refractivity contribution in [1.29, 1.82) is 4.78 Å². The highest BCUT2D eigenvalue weighted by Crippen LogP contribution is 2.51. The maximum atomic E-state index is 14.6. The van der Waals surface area contributed by atoms with E-state index in [1.165, 1.54) is 12.3 Å². The summed E-state index contributed by atoms with van der Waals surface area (Å²) in [7, 11) is -2.81. The molecule has 2 aromatic carbocycles. The Morgan fingerprint density at radius 3 is 2.42 bits per heavy atom. The molecule has 26 heavy (non-hydrogen) atoms. The molecule has 1 aliphatic carbocycles. The Bertz CT molecular complexity index is 977. The summed E-state index contributed by atoms with van der Waals surface area (Å²) in [5.74, 6) is -0.408. The first-order chi connectivity index (χ1) is 12.3. The van der Waals surface area contributed by atoms with Gasteiger partial charge in [-0.3, -0.25) is 4.79 Å². The summed E-state index contributed by atoms with van der Waals surface area (Å²) in [5, 5.41) is 0. The van der Waals surface area contributed by atoms with Gasteiger partial charge in [0.25, 0.3) is 5.91 Å². The molecule has 4 nitrogen and oxygen atoms in total. The van der Waals surface area contributed by atoms with Crippen LogP contribution in [0.5, 0.6) is 0 Å². The summed E-state index contributed by atoms with van der Waals surface area (Å²) >= 11 is 0. The van der Waals surface area contributed by atoms with E-state index < -0.39 is 9.73 Å². The van der Waals surface area contributed by atoms with Crippen molar-refractivity contribution in [2.75, 3.05) is 17.7 Å². The van der Waals surface area contributed by atoms with Crippen LogP contribution in [0.25, 0.3) is 0 Å². The maximum absolute atomic E-state index is 14.6. The van der Waals surface area contributed by atoms with Gasteiger partial charge in [0.15, 0.2) is 0 Å². The second kappa shape index (κ2) is 5.91. The van der Waals surface area contributed by atoms with Crippen LogP contribution >= 0.6 is 0 Å². The predicted octanol–water partition coefficient (Wildman–Crippen LogP) is 4.33. The van der Waals surface area contributed by atoms with Crippen molar-refractivity contribution in [3.8, 4) is 0 Å². The summed E-state index contributed by atoms with van der Waals surface area (Å²) in [6.07, 6.45) is 5.27. The van der Waals surface area contributed by atoms with E-state index in [2.05, 4.69) is 0 Å². The number of nitrogens with zero attached hydrogens (tertiary/aromatic N) is 1. The smallest absolute Gasteiger partial charge is 0.258 e. The molecule has 1 N–H and O–H groups in total. The van der Waals surface area contributed by atoms with E-state index in [4.69, 9.17) is 4.78 Å². The average molecular weight is 372 g/mol. The molecule has 0 radical (unpaired) electrons. The molecule has 1 heterocycles. The van der Waals surface area contributed by atoms with Gasteiger partial charge in [0.05, 0.1) is 15.4 Å². The first kappa shape index (κ1) is 17.2. The molecule has 0 bridgehead atoms. The minimum absolute atomic E-state index is 0.181. The number of hydrogen-bond donors (Lipinski definition) is 1. The second-order valence-corrected chi connectivity index (χ2v) is 9.54. The van der Waals surface area contributed by atoms with Gasteiger partial charge >= 0.3 is 0 Å². The van der Waals surface area contributed by atoms with Crippen molar-refractivity contribution in [2.24, 2.45) is 0 Å². The SMILES string of the molecule is CS(=N)(=O)c1ccc(C(=O)N2CC3(CCCC3)c3c(F)cccc32)cc1. The summed E-state index contributed by atoms with van der Waals surface area (Å²) in [6, 6.07) is 11.3. The lowest BCUT2D eigenvalue weighted by Crippen LogP contribution is -2.35. The molecule has 2 aliphatic rings. The fraction of sp³-hybridized carbons (Fsp3) is 0.350. The van der Waals surface area contributed by atoms with Crippen LogP contribution in [0.3, 0.4) is 0 Å². The Kier molecular flexibility index (Phi) is 3.91. The number of carbonyl (C=O) groups excluding carboxylic acids is 1. The summed E-state index contributed by atoms with van der Waals surface area (Å²) < 4.78 is 34.1. The Morgan fingerprint density at radius 2 is 1.81 bits per heavy atom. The number of hydrogen-bond acceptors (Lipinski definition) is 3. The maximum Gasteiger partial charge on any atom is 0.258 e. The molecule has 1 spiro atoms. The van der Waals surface area contributed by atoms with Crippen molar-refractivity contribution in [3.63, 3.8) is 0 Å². The second-order valence-electron chi connectivity index (χ2n) is 7.38. The zero-order valence-corrected chi connectivity index (χ0v) is 15.4. The van der Waals surface area contributed by atoms with Crippen molar-refractivity contribution < 1.29 is 13.4 Å². The minimum atomic E-state index is -2.81. The first-order valence-corrected chi connectivity index (χ1v) is 10.7. The topological polar surface area (TPSA) is 61.2 Å². The van der Waals surface area contributed by atoms with Gasteiger partial charge in [-0.1, -0.05) is 18.9 Å². The summed E-state index contributed by atoms with van der Waals surface area (Å²) in [5.41, 5.74) is 1.54. The molecule has 4 rings (SSSR count). The molecule has 0 aromatic heterocycles. The lowest BCUT2D eigenvalue weighted by Gasteiger charge is -2.25. The van der Waals surface area contributed by atoms with Crippen LogP contribution in [0.15, 0.2) is 47.4 Å². The van der Waals surface area contributed by atoms with Crippen LogP contribution in [-0.2, 0) is 15.1 Å². The normalized spacial score (nSPS) is 20.2. The van der Waals surface area contributed by atoms with Crippen molar-refractivity contribution >= 4 is 21.3 Å². The Labute approximate surface area is 153 Å². The van der Waals surface area contributed by atoms with Crippen LogP contribution in [-0.4, -0.2) is 22.9 Å². The zero-order valence-electron chi connectivity index (χ0n) is 14.6. The van der Waals surface area contributed by atoms with E-state index in [0.29, 0.717) is 28.3 Å². The van der Waals surface area contributed by atoms with Crippen LogP contribution in [0.4, 0.5) is 10.1 Å². The van der Waals surface area contributed by atoms with Gasteiger partial charge in [0, 0.05) is 34.2 Å². The van der Waals surface area contributed by atoms with E-state index in [-0.39, 0.29) is 17.1 Å². The fourth-order valence-electron chi connectivity index (χ4n) is 4.38. The summed E-state index contributed by atoms with van der Waals surface area (Å²) in [4.78, 5) is 15.2. The monoisotopic (exact) mass is 372 g/mol. The van der Waals surface area contributed by atoms with E-state index in [0.717, 1.165) is 25.7 Å². The van der Waals surface area contributed by atoms with Gasteiger partial charge in [0.1, 0.15) is 5.82 Å². The molecule has 0 saturated heterocycles. The van der Waals surface area contributed by atoms with Gasteiger partial charge in [-0.15, -0.1) is 0 Å². The quantitative estimate of drug-likeness (QED) is 0.853. The van der Waals surface area contributed by atoms with Crippen molar-refractivity contribution in [1.82, 2.24) is 0 Å². The number of anilines is 1. The van der Waals surface area contributed by atoms with Crippen molar-refractivity contribution in [3.05, 3.63) is 59.4 Å². The molecule has 6 heteroatoms. The van der Waals surface area contributed by atoms with Gasteiger partial charge < -0.3 is 4.90 Å². The number of amides is 1. The Morgan fingerprint density at radius 1 is 1.15 bits per heavy atom. The molecular weight excluding hydrogens is 351 g/mol. The number of rotatable bonds is 2. The Hall–Kier alpha value is -2.21. The average Bonchev–Trinajstić information content (AvgIpc) is 3.20. The first-order valence-electron chi connectivity index (χ1n) is 8.77. The van der Waals surface area contributed by atoms with E-state index >= 15 is 0 Å². The van der Waals surface area contributed by atoms with E-state index in [9.17, 15) is 13.4 Å². The molecule has 1 saturated carbocycles. The largest absolute Gasteiger partial charge is 0.307 e. The highest BCUT2D eigenvalue weighted by atomic mass is 32.2. The highest BCUT2D eigenvalue weighted by molar-refractivity contribution is 7.91. The number of fused-ring (bicyclic) bond motifs is 2. The molecule has 1 fully saturated rings. The standard InChI is InChI=1S/C20H21FN2O2S/c1-26(22,25)15-9-7-14(8-10-15)19(24)23-13-20(11-2-3-12-20)18-16(21)5-4-6-17(18)23/h4-10,22H,2-3,11-13H2,1H3. The van der Waals surface area contributed by atoms with Crippen molar-refractivity contribution in [2.45, 2.75) is 36.0 Å². The lowest BCUT2D eigenvalue weighted by atomic mass is 9.80. The van der Waals surface area contributed by atoms with Crippen LogP contribution < -0.4 is 4.90 Å². The molecular formula is C20H21FN2O2S. The number of nitrogens with one attached hydrogen (secondary N) is 1. The fourth-order valence-corrected chi connectivity index (χ4v) is 5.04. The summed E-state index contributed by atoms with van der Waals surface area (Å²) in [6.45, 7) is 0.507. The number of benzene rings is 2. The highest BCUT2D eigenvalue weighted by Gasteiger charge is 2.48. The number of carbonyl (C=O) groups is 1. The third kappa shape index (κ3) is 2.63. The van der Waals surface area contributed by atoms with Gasteiger partial charge in [-0.2, -0.15) is 0 Å². The molecule has 1 amide bonds. The zero-order chi connectivity index (χ0) is 18.5. The molecule has 1 atom stereocenters. The van der Waals surface area contributed by atoms with Crippen LogP contribution in [0.2, 0.25) is 0 Å². The molecule has 1 aliphatic heterocycles. The van der Waals surface area contributed by atoms with Gasteiger partial charge in [-0.05, 0) is 49.2 Å². The van der Waals surface area contributed by atoms with Gasteiger partial charge in [-0.25, -0.2) is 13.4 Å². The van der Waals surface area contributed by atoms with Crippen LogP contribution in [0, 0.1) is 10.6 Å². The van der Waals surface area contributed by atoms with E-state index in [1.54, 1.807) is 35.2 Å². The third-order valence-electron chi connectivity index (χ3n) is 5.63. The van der Waals surface area contributed by atoms with E-state index in [1.807, 2.05) is 6.07 Å². The predicted molar refractivity (Wildman–Crippen MR) is 99.7 cm³/mol. The lowest BCUT2D eigenvalue weighted by molar-refractivity contribution is 0.0985. The molecule has 136 valence electrons. The molecule has 2 aromatic rings. The third-order valence-corrected chi connectivity index (χ3v) is 6.80. The number of halogens is 1. The van der Waals surface area contributed by atoms with Gasteiger partial charge in [0.2, 0.25) is 0 Å². The Balaban J connectivity index is 1.73. The molecule has 1 unspecified atom stereocenters.